The molecule has 0 fully saturated rings. The Kier molecular flexibility index (Phi) is 9.22. The molecule has 1 atom stereocenters. The molecule has 0 heterocycles. The van der Waals surface area contributed by atoms with Crippen molar-refractivity contribution < 1.29 is 18.7 Å². The largest absolute Gasteiger partial charge is 0.484 e. The van der Waals surface area contributed by atoms with Gasteiger partial charge in [0, 0.05) is 23.5 Å². The molecule has 0 aromatic heterocycles. The molecule has 1 N–H and O–H groups in total. The van der Waals surface area contributed by atoms with E-state index in [1.807, 2.05) is 68.4 Å². The predicted octanol–water partition coefficient (Wildman–Crippen LogP) is 5.13. The van der Waals surface area contributed by atoms with Crippen molar-refractivity contribution >= 4 is 27.7 Å². The summed E-state index contributed by atoms with van der Waals surface area (Å²) in [6.45, 7) is 3.72. The van der Waals surface area contributed by atoms with Crippen molar-refractivity contribution in [2.24, 2.45) is 0 Å². The lowest BCUT2D eigenvalue weighted by Gasteiger charge is -2.32. The van der Waals surface area contributed by atoms with Crippen molar-refractivity contribution in [3.63, 3.8) is 0 Å². The minimum atomic E-state index is -0.743. The summed E-state index contributed by atoms with van der Waals surface area (Å²) in [6.07, 6.45) is 0.357. The maximum absolute atomic E-state index is 13.4. The molecule has 5 nitrogen and oxygen atoms in total. The summed E-state index contributed by atoms with van der Waals surface area (Å²) in [5, 5.41) is 2.95. The van der Waals surface area contributed by atoms with Gasteiger partial charge >= 0.3 is 0 Å². The first-order valence-corrected chi connectivity index (χ1v) is 11.9. The van der Waals surface area contributed by atoms with Crippen LogP contribution in [-0.4, -0.2) is 35.4 Å². The summed E-state index contributed by atoms with van der Waals surface area (Å²) in [6, 6.07) is 21.9. The van der Waals surface area contributed by atoms with Gasteiger partial charge in [-0.1, -0.05) is 58.4 Å². The minimum Gasteiger partial charge on any atom is -0.484 e. The molecule has 178 valence electrons. The first-order valence-electron chi connectivity index (χ1n) is 11.1. The molecule has 0 aliphatic rings. The van der Waals surface area contributed by atoms with Crippen LogP contribution in [0, 0.1) is 5.82 Å². The first-order chi connectivity index (χ1) is 16.3. The number of hydrogen-bond acceptors (Lipinski definition) is 3. The average molecular weight is 527 g/mol. The Morgan fingerprint density at radius 3 is 2.29 bits per heavy atom. The van der Waals surface area contributed by atoms with E-state index in [0.29, 0.717) is 12.2 Å². The van der Waals surface area contributed by atoms with Crippen LogP contribution in [0.4, 0.5) is 4.39 Å². The van der Waals surface area contributed by atoms with E-state index in [1.54, 1.807) is 4.90 Å². The van der Waals surface area contributed by atoms with Crippen LogP contribution in [0.1, 0.15) is 25.0 Å². The molecule has 0 bridgehead atoms. The molecule has 3 aromatic carbocycles. The van der Waals surface area contributed by atoms with Gasteiger partial charge in [-0.25, -0.2) is 4.39 Å². The molecule has 0 aliphatic carbocycles. The van der Waals surface area contributed by atoms with Crippen LogP contribution < -0.4 is 10.1 Å². The molecular weight excluding hydrogens is 499 g/mol. The molecule has 0 radical (unpaired) electrons. The highest BCUT2D eigenvalue weighted by molar-refractivity contribution is 9.10. The lowest BCUT2D eigenvalue weighted by molar-refractivity contribution is -0.143. The molecule has 0 saturated heterocycles. The second-order valence-electron chi connectivity index (χ2n) is 8.26. The Labute approximate surface area is 208 Å². The van der Waals surface area contributed by atoms with Crippen LogP contribution in [0.15, 0.2) is 83.3 Å². The van der Waals surface area contributed by atoms with E-state index in [4.69, 9.17) is 4.74 Å². The third-order valence-corrected chi connectivity index (χ3v) is 5.61. The Balaban J connectivity index is 1.90. The summed E-state index contributed by atoms with van der Waals surface area (Å²) < 4.78 is 19.7. The van der Waals surface area contributed by atoms with Crippen LogP contribution in [0.5, 0.6) is 5.75 Å². The minimum absolute atomic E-state index is 0.0796. The molecule has 3 aromatic rings. The average Bonchev–Trinajstić information content (AvgIpc) is 2.81. The second kappa shape index (κ2) is 12.3. The number of halogens is 2. The molecule has 0 saturated carbocycles. The summed E-state index contributed by atoms with van der Waals surface area (Å²) in [7, 11) is 0. The van der Waals surface area contributed by atoms with Crippen molar-refractivity contribution in [2.75, 3.05) is 6.61 Å². The molecule has 7 heteroatoms. The van der Waals surface area contributed by atoms with Crippen LogP contribution >= 0.6 is 15.9 Å². The van der Waals surface area contributed by atoms with Gasteiger partial charge in [0.2, 0.25) is 5.91 Å². The Hall–Kier alpha value is -3.19. The highest BCUT2D eigenvalue weighted by Crippen LogP contribution is 2.19. The molecule has 34 heavy (non-hydrogen) atoms. The van der Waals surface area contributed by atoms with Crippen molar-refractivity contribution in [1.29, 1.82) is 0 Å². The van der Waals surface area contributed by atoms with Gasteiger partial charge in [0.05, 0.1) is 0 Å². The zero-order chi connectivity index (χ0) is 24.5. The van der Waals surface area contributed by atoms with E-state index in [0.717, 1.165) is 15.6 Å². The third-order valence-electron chi connectivity index (χ3n) is 5.12. The number of nitrogens with zero attached hydrogens (tertiary/aromatic N) is 1. The number of amides is 2. The summed E-state index contributed by atoms with van der Waals surface area (Å²) in [4.78, 5) is 28.3. The van der Waals surface area contributed by atoms with Crippen molar-refractivity contribution in [1.82, 2.24) is 10.2 Å². The lowest BCUT2D eigenvalue weighted by Crippen LogP contribution is -2.52. The van der Waals surface area contributed by atoms with Gasteiger partial charge in [-0.2, -0.15) is 0 Å². The lowest BCUT2D eigenvalue weighted by atomic mass is 10.0. The Morgan fingerprint density at radius 1 is 0.971 bits per heavy atom. The predicted molar refractivity (Wildman–Crippen MR) is 134 cm³/mol. The third kappa shape index (κ3) is 7.70. The van der Waals surface area contributed by atoms with Gasteiger partial charge in [0.25, 0.3) is 5.91 Å². The molecule has 3 rings (SSSR count). The van der Waals surface area contributed by atoms with Crippen molar-refractivity contribution in [2.45, 2.75) is 38.9 Å². The van der Waals surface area contributed by atoms with E-state index in [2.05, 4.69) is 21.2 Å². The normalized spacial score (nSPS) is 11.7. The highest BCUT2D eigenvalue weighted by atomic mass is 79.9. The van der Waals surface area contributed by atoms with E-state index < -0.39 is 6.04 Å². The fraction of sp³-hybridized carbons (Fsp3) is 0.259. The van der Waals surface area contributed by atoms with Crippen molar-refractivity contribution in [3.05, 3.63) is 100 Å². The Bertz CT molecular complexity index is 1090. The van der Waals surface area contributed by atoms with Gasteiger partial charge in [-0.3, -0.25) is 9.59 Å². The van der Waals surface area contributed by atoms with E-state index in [1.165, 1.54) is 24.3 Å². The first kappa shape index (κ1) is 25.4. The number of benzene rings is 3. The molecule has 0 unspecified atom stereocenters. The van der Waals surface area contributed by atoms with Crippen LogP contribution in [0.2, 0.25) is 0 Å². The number of carbonyl (C=O) groups excluding carboxylic acids is 2. The Morgan fingerprint density at radius 2 is 1.65 bits per heavy atom. The van der Waals surface area contributed by atoms with Crippen LogP contribution in [0.25, 0.3) is 0 Å². The fourth-order valence-electron chi connectivity index (χ4n) is 3.53. The standard InChI is InChI=1S/C27H28BrFN2O3/c1-19(2)30-27(33)25(16-20-7-4-3-5-8-20)31(17-21-9-6-10-22(28)15-21)26(32)18-34-24-13-11-23(29)12-14-24/h3-15,19,25H,16-18H2,1-2H3,(H,30,33)/t25-/m1/s1. The van der Waals surface area contributed by atoms with E-state index in [9.17, 15) is 14.0 Å². The number of carbonyl (C=O) groups is 2. The monoisotopic (exact) mass is 526 g/mol. The number of ether oxygens (including phenoxy) is 1. The van der Waals surface area contributed by atoms with Gasteiger partial charge in [0.15, 0.2) is 6.61 Å². The zero-order valence-corrected chi connectivity index (χ0v) is 20.8. The molecular formula is C27H28BrFN2O3. The highest BCUT2D eigenvalue weighted by Gasteiger charge is 2.31. The second-order valence-corrected chi connectivity index (χ2v) is 9.18. The molecule has 2 amide bonds. The van der Waals surface area contributed by atoms with Gasteiger partial charge in [0.1, 0.15) is 17.6 Å². The number of nitrogens with one attached hydrogen (secondary N) is 1. The maximum atomic E-state index is 13.4. The number of rotatable bonds is 10. The smallest absolute Gasteiger partial charge is 0.261 e. The van der Waals surface area contributed by atoms with Crippen LogP contribution in [0.3, 0.4) is 0 Å². The van der Waals surface area contributed by atoms with Gasteiger partial charge in [-0.15, -0.1) is 0 Å². The quantitative estimate of drug-likeness (QED) is 0.398. The number of hydrogen-bond donors (Lipinski definition) is 1. The summed E-state index contributed by atoms with van der Waals surface area (Å²) in [5.74, 6) is -0.584. The van der Waals surface area contributed by atoms with E-state index in [-0.39, 0.29) is 36.8 Å². The van der Waals surface area contributed by atoms with Gasteiger partial charge < -0.3 is 15.0 Å². The SMILES string of the molecule is CC(C)NC(=O)[C@@H](Cc1ccccc1)N(Cc1cccc(Br)c1)C(=O)COc1ccc(F)cc1. The van der Waals surface area contributed by atoms with Crippen molar-refractivity contribution in [3.8, 4) is 5.75 Å². The molecule has 0 aliphatic heterocycles. The summed E-state index contributed by atoms with van der Waals surface area (Å²) in [5.41, 5.74) is 1.82. The topological polar surface area (TPSA) is 58.6 Å². The van der Waals surface area contributed by atoms with Crippen LogP contribution in [-0.2, 0) is 22.6 Å². The fourth-order valence-corrected chi connectivity index (χ4v) is 3.97. The maximum Gasteiger partial charge on any atom is 0.261 e. The summed E-state index contributed by atoms with van der Waals surface area (Å²) >= 11 is 3.47. The van der Waals surface area contributed by atoms with E-state index >= 15 is 0 Å². The zero-order valence-electron chi connectivity index (χ0n) is 19.2. The molecule has 0 spiro atoms. The van der Waals surface area contributed by atoms with Gasteiger partial charge in [-0.05, 0) is 61.4 Å².